The van der Waals surface area contributed by atoms with Gasteiger partial charge in [-0.15, -0.1) is 0 Å². The van der Waals surface area contributed by atoms with Crippen LogP contribution in [-0.4, -0.2) is 41.0 Å². The quantitative estimate of drug-likeness (QED) is 0.342. The van der Waals surface area contributed by atoms with Gasteiger partial charge in [-0.05, 0) is 89.2 Å². The number of carbonyl (C=O) groups is 1. The molecule has 3 N–H and O–H groups in total. The molecule has 2 aromatic carbocycles. The number of aliphatic carboxylic acids is 1. The Balaban J connectivity index is 1.51. The van der Waals surface area contributed by atoms with Crippen molar-refractivity contribution in [3.05, 3.63) is 63.6 Å². The molecular weight excluding hydrogens is 482 g/mol. The number of carboxylic acids is 1. The SMILES string of the molecule is CCC(CC)(CC1Cc2ccccc2C1)NC[C@@H](O)COc1cc(CCC(=O)O)ccc1Br. The Morgan fingerprint density at radius 3 is 2.45 bits per heavy atom. The third-order valence-electron chi connectivity index (χ3n) is 6.94. The standard InChI is InChI=1S/C27H36BrNO4/c1-3-27(4-2,16-20-13-21-7-5-6-8-22(21)14-20)29-17-23(30)18-33-25-15-19(9-11-24(25)28)10-12-26(31)32/h5-9,11,15,20,23,29-30H,3-4,10,12-14,16-18H2,1-2H3,(H,31,32)/t23-/m1/s1. The molecule has 0 saturated carbocycles. The minimum atomic E-state index is -0.821. The summed E-state index contributed by atoms with van der Waals surface area (Å²) in [5.41, 5.74) is 3.86. The fourth-order valence-corrected chi connectivity index (χ4v) is 5.21. The Hall–Kier alpha value is -1.89. The van der Waals surface area contributed by atoms with Gasteiger partial charge in [-0.3, -0.25) is 4.79 Å². The molecule has 1 atom stereocenters. The number of nitrogens with one attached hydrogen (secondary N) is 1. The highest BCUT2D eigenvalue weighted by molar-refractivity contribution is 9.10. The van der Waals surface area contributed by atoms with Crippen LogP contribution >= 0.6 is 15.9 Å². The molecule has 0 heterocycles. The maximum Gasteiger partial charge on any atom is 0.303 e. The number of halogens is 1. The van der Waals surface area contributed by atoms with Gasteiger partial charge in [0, 0.05) is 18.5 Å². The van der Waals surface area contributed by atoms with Crippen molar-refractivity contribution in [2.75, 3.05) is 13.2 Å². The van der Waals surface area contributed by atoms with E-state index in [1.165, 1.54) is 11.1 Å². The molecule has 0 saturated heterocycles. The number of carboxylic acid groups (broad SMARTS) is 1. The highest BCUT2D eigenvalue weighted by atomic mass is 79.9. The maximum atomic E-state index is 10.8. The van der Waals surface area contributed by atoms with Gasteiger partial charge >= 0.3 is 5.97 Å². The molecule has 6 heteroatoms. The molecule has 5 nitrogen and oxygen atoms in total. The monoisotopic (exact) mass is 517 g/mol. The fraction of sp³-hybridized carbons (Fsp3) is 0.519. The largest absolute Gasteiger partial charge is 0.490 e. The van der Waals surface area contributed by atoms with Crippen LogP contribution < -0.4 is 10.1 Å². The predicted molar refractivity (Wildman–Crippen MR) is 135 cm³/mol. The number of aliphatic hydroxyl groups is 1. The summed E-state index contributed by atoms with van der Waals surface area (Å²) in [7, 11) is 0. The Morgan fingerprint density at radius 2 is 1.85 bits per heavy atom. The first-order valence-electron chi connectivity index (χ1n) is 12.0. The minimum Gasteiger partial charge on any atom is -0.490 e. The zero-order valence-corrected chi connectivity index (χ0v) is 21.2. The molecule has 3 rings (SSSR count). The van der Waals surface area contributed by atoms with Crippen molar-refractivity contribution < 1.29 is 19.7 Å². The molecule has 1 aliphatic carbocycles. The number of hydrogen-bond acceptors (Lipinski definition) is 4. The van der Waals surface area contributed by atoms with Crippen molar-refractivity contribution >= 4 is 21.9 Å². The zero-order chi connectivity index (χ0) is 23.8. The van der Waals surface area contributed by atoms with Gasteiger partial charge in [-0.2, -0.15) is 0 Å². The Morgan fingerprint density at radius 1 is 1.18 bits per heavy atom. The number of hydrogen-bond donors (Lipinski definition) is 3. The van der Waals surface area contributed by atoms with Gasteiger partial charge in [0.05, 0.1) is 4.47 Å². The van der Waals surface area contributed by atoms with Crippen LogP contribution in [0.5, 0.6) is 5.75 Å². The molecule has 0 unspecified atom stereocenters. The van der Waals surface area contributed by atoms with E-state index in [4.69, 9.17) is 9.84 Å². The first kappa shape index (κ1) is 25.7. The molecule has 1 aliphatic rings. The zero-order valence-electron chi connectivity index (χ0n) is 19.6. The van der Waals surface area contributed by atoms with E-state index in [1.54, 1.807) is 0 Å². The molecule has 2 aromatic rings. The van der Waals surface area contributed by atoms with Crippen molar-refractivity contribution in [1.82, 2.24) is 5.32 Å². The van der Waals surface area contributed by atoms with Gasteiger partial charge in [0.15, 0.2) is 0 Å². The molecule has 0 spiro atoms. The van der Waals surface area contributed by atoms with E-state index >= 15 is 0 Å². The summed E-state index contributed by atoms with van der Waals surface area (Å²) in [6.07, 6.45) is 5.29. The van der Waals surface area contributed by atoms with E-state index in [2.05, 4.69) is 59.4 Å². The third kappa shape index (κ3) is 7.29. The molecule has 0 aliphatic heterocycles. The summed E-state index contributed by atoms with van der Waals surface area (Å²) in [6, 6.07) is 14.3. The molecule has 0 amide bonds. The van der Waals surface area contributed by atoms with E-state index < -0.39 is 12.1 Å². The van der Waals surface area contributed by atoms with E-state index in [0.29, 0.717) is 24.6 Å². The van der Waals surface area contributed by atoms with E-state index in [9.17, 15) is 9.90 Å². The van der Waals surface area contributed by atoms with Crippen LogP contribution in [0, 0.1) is 5.92 Å². The summed E-state index contributed by atoms with van der Waals surface area (Å²) in [5, 5.41) is 23.2. The topological polar surface area (TPSA) is 78.8 Å². The number of ether oxygens (including phenoxy) is 1. The predicted octanol–water partition coefficient (Wildman–Crippen LogP) is 5.16. The van der Waals surface area contributed by atoms with Gasteiger partial charge in [0.2, 0.25) is 0 Å². The highest BCUT2D eigenvalue weighted by Gasteiger charge is 2.32. The molecule has 0 aromatic heterocycles. The molecule has 0 fully saturated rings. The van der Waals surface area contributed by atoms with Crippen LogP contribution in [0.15, 0.2) is 46.9 Å². The smallest absolute Gasteiger partial charge is 0.303 e. The van der Waals surface area contributed by atoms with Crippen LogP contribution in [0.2, 0.25) is 0 Å². The lowest BCUT2D eigenvalue weighted by Crippen LogP contribution is -2.49. The van der Waals surface area contributed by atoms with Crippen LogP contribution in [-0.2, 0) is 24.1 Å². The average Bonchev–Trinajstić information content (AvgIpc) is 3.22. The number of fused-ring (bicyclic) bond motifs is 1. The van der Waals surface area contributed by atoms with Crippen LogP contribution in [0.4, 0.5) is 0 Å². The number of benzene rings is 2. The van der Waals surface area contributed by atoms with Gasteiger partial charge in [0.1, 0.15) is 18.5 Å². The summed E-state index contributed by atoms with van der Waals surface area (Å²) in [5.74, 6) is 0.435. The number of aryl methyl sites for hydroxylation is 1. The van der Waals surface area contributed by atoms with Crippen molar-refractivity contribution in [3.8, 4) is 5.75 Å². The lowest BCUT2D eigenvalue weighted by Gasteiger charge is -2.36. The number of β-amino-alcohol motifs (C(OH)–C–C–N with tert-alkyl or cyclic N) is 1. The summed E-state index contributed by atoms with van der Waals surface area (Å²) in [4.78, 5) is 10.8. The summed E-state index contributed by atoms with van der Waals surface area (Å²) < 4.78 is 6.66. The summed E-state index contributed by atoms with van der Waals surface area (Å²) in [6.45, 7) is 5.09. The Bertz CT molecular complexity index is 903. The van der Waals surface area contributed by atoms with Gasteiger partial charge in [-0.1, -0.05) is 44.2 Å². The second kappa shape index (κ2) is 12.0. The maximum absolute atomic E-state index is 10.8. The molecule has 33 heavy (non-hydrogen) atoms. The van der Waals surface area contributed by atoms with E-state index in [-0.39, 0.29) is 18.6 Å². The minimum absolute atomic E-state index is 0.00498. The van der Waals surface area contributed by atoms with Gasteiger partial charge in [-0.25, -0.2) is 0 Å². The first-order chi connectivity index (χ1) is 15.8. The molecule has 0 radical (unpaired) electrons. The van der Waals surface area contributed by atoms with Crippen molar-refractivity contribution in [2.24, 2.45) is 5.92 Å². The molecule has 180 valence electrons. The van der Waals surface area contributed by atoms with Gasteiger partial charge in [0.25, 0.3) is 0 Å². The summed E-state index contributed by atoms with van der Waals surface area (Å²) >= 11 is 3.48. The van der Waals surface area contributed by atoms with Crippen molar-refractivity contribution in [2.45, 2.75) is 70.4 Å². The second-order valence-electron chi connectivity index (χ2n) is 9.24. The van der Waals surface area contributed by atoms with Crippen molar-refractivity contribution in [3.63, 3.8) is 0 Å². The third-order valence-corrected chi connectivity index (χ3v) is 7.59. The molecule has 0 bridgehead atoms. The number of aliphatic hydroxyl groups excluding tert-OH is 1. The second-order valence-corrected chi connectivity index (χ2v) is 10.1. The van der Waals surface area contributed by atoms with Crippen molar-refractivity contribution in [1.29, 1.82) is 0 Å². The van der Waals surface area contributed by atoms with Crippen LogP contribution in [0.3, 0.4) is 0 Å². The van der Waals surface area contributed by atoms with Crippen LogP contribution in [0.25, 0.3) is 0 Å². The Labute approximate surface area is 205 Å². The first-order valence-corrected chi connectivity index (χ1v) is 12.8. The highest BCUT2D eigenvalue weighted by Crippen LogP contribution is 2.34. The van der Waals surface area contributed by atoms with E-state index in [0.717, 1.165) is 42.1 Å². The normalized spacial score (nSPS) is 14.8. The van der Waals surface area contributed by atoms with E-state index in [1.807, 2.05) is 18.2 Å². The van der Waals surface area contributed by atoms with Crippen LogP contribution in [0.1, 0.15) is 56.2 Å². The average molecular weight is 518 g/mol. The molecular formula is C27H36BrNO4. The lowest BCUT2D eigenvalue weighted by molar-refractivity contribution is -0.136. The number of rotatable bonds is 13. The lowest BCUT2D eigenvalue weighted by atomic mass is 9.81. The van der Waals surface area contributed by atoms with Gasteiger partial charge < -0.3 is 20.3 Å². The fourth-order valence-electron chi connectivity index (χ4n) is 4.85. The Kier molecular flexibility index (Phi) is 9.36.